The van der Waals surface area contributed by atoms with Crippen LogP contribution in [-0.2, 0) is 9.59 Å². The summed E-state index contributed by atoms with van der Waals surface area (Å²) in [4.78, 5) is 21.4. The van der Waals surface area contributed by atoms with Gasteiger partial charge < -0.3 is 16.8 Å². The first-order valence-electron chi connectivity index (χ1n) is 3.75. The lowest BCUT2D eigenvalue weighted by atomic mass is 10.00. The molecule has 70 valence electrons. The van der Waals surface area contributed by atoms with Gasteiger partial charge >= 0.3 is 0 Å². The van der Waals surface area contributed by atoms with Crippen LogP contribution in [-0.4, -0.2) is 23.9 Å². The Kier molecular flexibility index (Phi) is 3.69. The topological polar surface area (TPSA) is 98.2 Å². The lowest BCUT2D eigenvalue weighted by Crippen LogP contribution is -2.52. The van der Waals surface area contributed by atoms with E-state index < -0.39 is 11.4 Å². The van der Waals surface area contributed by atoms with E-state index in [1.807, 2.05) is 0 Å². The molecule has 0 heterocycles. The van der Waals surface area contributed by atoms with Crippen LogP contribution in [0.5, 0.6) is 0 Å². The smallest absolute Gasteiger partial charge is 0.240 e. The van der Waals surface area contributed by atoms with Gasteiger partial charge in [0.15, 0.2) is 0 Å². The van der Waals surface area contributed by atoms with Gasteiger partial charge in [-0.25, -0.2) is 0 Å². The number of amides is 2. The molecule has 0 saturated heterocycles. The summed E-state index contributed by atoms with van der Waals surface area (Å²) >= 11 is 0. The molecular formula is C7H15N3O2. The Morgan fingerprint density at radius 3 is 2.33 bits per heavy atom. The Labute approximate surface area is 71.5 Å². The van der Waals surface area contributed by atoms with Crippen molar-refractivity contribution in [3.63, 3.8) is 0 Å². The van der Waals surface area contributed by atoms with Crippen LogP contribution in [0.3, 0.4) is 0 Å². The van der Waals surface area contributed by atoms with Gasteiger partial charge in [-0.2, -0.15) is 0 Å². The van der Waals surface area contributed by atoms with Gasteiger partial charge in [0, 0.05) is 0 Å². The minimum atomic E-state index is -0.921. The molecule has 0 rings (SSSR count). The summed E-state index contributed by atoms with van der Waals surface area (Å²) in [5.74, 6) is -0.931. The molecule has 0 aromatic carbocycles. The van der Waals surface area contributed by atoms with Gasteiger partial charge in [0.05, 0.1) is 12.1 Å². The maximum Gasteiger partial charge on any atom is 0.240 e. The van der Waals surface area contributed by atoms with Crippen LogP contribution in [0.4, 0.5) is 0 Å². The maximum atomic E-state index is 11.2. The highest BCUT2D eigenvalue weighted by Crippen LogP contribution is 2.03. The summed E-state index contributed by atoms with van der Waals surface area (Å²) in [6.45, 7) is 3.23. The van der Waals surface area contributed by atoms with E-state index in [0.29, 0.717) is 6.42 Å². The summed E-state index contributed by atoms with van der Waals surface area (Å²) in [5, 5.41) is 2.33. The van der Waals surface area contributed by atoms with Crippen molar-refractivity contribution in [3.8, 4) is 0 Å². The van der Waals surface area contributed by atoms with Crippen LogP contribution >= 0.6 is 0 Å². The molecule has 0 aliphatic rings. The first-order valence-corrected chi connectivity index (χ1v) is 3.75. The second-order valence-corrected chi connectivity index (χ2v) is 2.92. The Morgan fingerprint density at radius 2 is 2.00 bits per heavy atom. The molecule has 0 spiro atoms. The van der Waals surface area contributed by atoms with Gasteiger partial charge in [0.1, 0.15) is 0 Å². The molecule has 5 heteroatoms. The van der Waals surface area contributed by atoms with Crippen molar-refractivity contribution >= 4 is 11.8 Å². The molecule has 0 radical (unpaired) electrons. The summed E-state index contributed by atoms with van der Waals surface area (Å²) in [7, 11) is 0. The van der Waals surface area contributed by atoms with Gasteiger partial charge in [-0.05, 0) is 13.3 Å². The highest BCUT2D eigenvalue weighted by atomic mass is 16.2. The highest BCUT2D eigenvalue weighted by molar-refractivity contribution is 5.89. The molecular weight excluding hydrogens is 158 g/mol. The number of carbonyl (C=O) groups excluding carboxylic acids is 2. The van der Waals surface area contributed by atoms with E-state index in [-0.39, 0.29) is 12.5 Å². The van der Waals surface area contributed by atoms with Gasteiger partial charge in [0.2, 0.25) is 11.8 Å². The van der Waals surface area contributed by atoms with Crippen molar-refractivity contribution in [2.24, 2.45) is 11.5 Å². The van der Waals surface area contributed by atoms with Crippen molar-refractivity contribution in [1.82, 2.24) is 5.32 Å². The Morgan fingerprint density at radius 1 is 1.50 bits per heavy atom. The summed E-state index contributed by atoms with van der Waals surface area (Å²) in [6, 6.07) is 0. The minimum absolute atomic E-state index is 0.161. The van der Waals surface area contributed by atoms with Crippen LogP contribution in [0.25, 0.3) is 0 Å². The van der Waals surface area contributed by atoms with Crippen LogP contribution in [0.1, 0.15) is 20.3 Å². The summed E-state index contributed by atoms with van der Waals surface area (Å²) < 4.78 is 0. The zero-order valence-electron chi connectivity index (χ0n) is 7.39. The predicted octanol–water partition coefficient (Wildman–Crippen LogP) is -1.28. The molecule has 1 unspecified atom stereocenters. The normalized spacial score (nSPS) is 14.9. The fourth-order valence-electron chi connectivity index (χ4n) is 0.530. The number of hydrogen-bond acceptors (Lipinski definition) is 3. The SMILES string of the molecule is CCC(C)(N)C(=O)NCC(N)=O. The zero-order valence-corrected chi connectivity index (χ0v) is 7.39. The van der Waals surface area contributed by atoms with E-state index >= 15 is 0 Å². The number of primary amides is 1. The largest absolute Gasteiger partial charge is 0.368 e. The second kappa shape index (κ2) is 4.06. The van der Waals surface area contributed by atoms with Crippen LogP contribution < -0.4 is 16.8 Å². The predicted molar refractivity (Wildman–Crippen MR) is 45.1 cm³/mol. The van der Waals surface area contributed by atoms with E-state index in [0.717, 1.165) is 0 Å². The lowest BCUT2D eigenvalue weighted by molar-refractivity contribution is -0.128. The number of nitrogens with one attached hydrogen (secondary N) is 1. The quantitative estimate of drug-likeness (QED) is 0.493. The lowest BCUT2D eigenvalue weighted by Gasteiger charge is -2.20. The fourth-order valence-corrected chi connectivity index (χ4v) is 0.530. The molecule has 2 amide bonds. The third-order valence-electron chi connectivity index (χ3n) is 1.68. The van der Waals surface area contributed by atoms with E-state index in [1.54, 1.807) is 13.8 Å². The van der Waals surface area contributed by atoms with Gasteiger partial charge in [-0.1, -0.05) is 6.92 Å². The molecule has 0 aromatic heterocycles. The van der Waals surface area contributed by atoms with E-state index in [1.165, 1.54) is 0 Å². The first-order chi connectivity index (χ1) is 5.40. The minimum Gasteiger partial charge on any atom is -0.368 e. The molecule has 0 saturated carbocycles. The van der Waals surface area contributed by atoms with E-state index in [4.69, 9.17) is 11.5 Å². The Hall–Kier alpha value is -1.10. The molecule has 1 atom stereocenters. The third-order valence-corrected chi connectivity index (χ3v) is 1.68. The van der Waals surface area contributed by atoms with Crippen molar-refractivity contribution in [1.29, 1.82) is 0 Å². The average molecular weight is 173 g/mol. The van der Waals surface area contributed by atoms with Gasteiger partial charge in [0.25, 0.3) is 0 Å². The highest BCUT2D eigenvalue weighted by Gasteiger charge is 2.25. The number of carbonyl (C=O) groups is 2. The molecule has 0 aliphatic heterocycles. The van der Waals surface area contributed by atoms with Crippen molar-refractivity contribution < 1.29 is 9.59 Å². The molecule has 0 fully saturated rings. The molecule has 0 bridgehead atoms. The molecule has 5 nitrogen and oxygen atoms in total. The monoisotopic (exact) mass is 173 g/mol. The standard InChI is InChI=1S/C7H15N3O2/c1-3-7(2,9)6(12)10-4-5(8)11/h3-4,9H2,1-2H3,(H2,8,11)(H,10,12). The van der Waals surface area contributed by atoms with Crippen molar-refractivity contribution in [2.45, 2.75) is 25.8 Å². The molecule has 5 N–H and O–H groups in total. The molecule has 0 aliphatic carbocycles. The van der Waals surface area contributed by atoms with Crippen LogP contribution in [0.15, 0.2) is 0 Å². The molecule has 0 aromatic rings. The van der Waals surface area contributed by atoms with Crippen LogP contribution in [0, 0.1) is 0 Å². The van der Waals surface area contributed by atoms with E-state index in [2.05, 4.69) is 5.32 Å². The first kappa shape index (κ1) is 10.9. The molecule has 12 heavy (non-hydrogen) atoms. The Bertz CT molecular complexity index is 189. The van der Waals surface area contributed by atoms with Crippen molar-refractivity contribution in [3.05, 3.63) is 0 Å². The third kappa shape index (κ3) is 3.34. The number of nitrogens with two attached hydrogens (primary N) is 2. The maximum absolute atomic E-state index is 11.2. The zero-order chi connectivity index (χ0) is 9.78. The average Bonchev–Trinajstić information content (AvgIpc) is 2.00. The number of rotatable bonds is 4. The van der Waals surface area contributed by atoms with Crippen molar-refractivity contribution in [2.75, 3.05) is 6.54 Å². The van der Waals surface area contributed by atoms with Gasteiger partial charge in [-0.3, -0.25) is 9.59 Å². The number of hydrogen-bond donors (Lipinski definition) is 3. The van der Waals surface area contributed by atoms with E-state index in [9.17, 15) is 9.59 Å². The summed E-state index contributed by atoms with van der Waals surface area (Å²) in [6.07, 6.45) is 0.512. The second-order valence-electron chi connectivity index (χ2n) is 2.92. The van der Waals surface area contributed by atoms with Gasteiger partial charge in [-0.15, -0.1) is 0 Å². The Balaban J connectivity index is 3.96. The fraction of sp³-hybridized carbons (Fsp3) is 0.714. The summed E-state index contributed by atoms with van der Waals surface area (Å²) in [5.41, 5.74) is 9.49. The van der Waals surface area contributed by atoms with Crippen LogP contribution in [0.2, 0.25) is 0 Å².